The highest BCUT2D eigenvalue weighted by Crippen LogP contribution is 2.36. The number of esters is 1. The Morgan fingerprint density at radius 3 is 2.91 bits per heavy atom. The quantitative estimate of drug-likeness (QED) is 0.672. The molecule has 0 fully saturated rings. The number of aryl methyl sites for hydroxylation is 1. The number of carbonyl (C=O) groups excluding carboxylic acids is 1. The van der Waals surface area contributed by atoms with Gasteiger partial charge in [0.2, 0.25) is 11.1 Å². The minimum Gasteiger partial charge on any atom is -0.466 e. The fourth-order valence-electron chi connectivity index (χ4n) is 2.59. The number of aromatic nitrogens is 5. The molecule has 9 heteroatoms. The third kappa shape index (κ3) is 2.61. The molecule has 0 unspecified atom stereocenters. The summed E-state index contributed by atoms with van der Waals surface area (Å²) in [5.41, 5.74) is 2.08. The maximum Gasteiger partial charge on any atom is 0.338 e. The highest BCUT2D eigenvalue weighted by atomic mass is 32.2. The van der Waals surface area contributed by atoms with Crippen LogP contribution in [0.25, 0.3) is 0 Å². The zero-order valence-electron chi connectivity index (χ0n) is 13.4. The molecule has 3 heterocycles. The van der Waals surface area contributed by atoms with Crippen molar-refractivity contribution in [2.24, 2.45) is 0 Å². The second kappa shape index (κ2) is 6.07. The van der Waals surface area contributed by atoms with Crippen LogP contribution in [-0.4, -0.2) is 43.9 Å². The normalized spacial score (nSPS) is 17.0. The van der Waals surface area contributed by atoms with Gasteiger partial charge in [0.1, 0.15) is 6.04 Å². The van der Waals surface area contributed by atoms with Crippen molar-refractivity contribution in [1.82, 2.24) is 24.5 Å². The molecule has 122 valence electrons. The molecule has 0 saturated heterocycles. The van der Waals surface area contributed by atoms with Gasteiger partial charge in [0.15, 0.2) is 0 Å². The van der Waals surface area contributed by atoms with Crippen LogP contribution in [0.5, 0.6) is 0 Å². The molecule has 23 heavy (non-hydrogen) atoms. The van der Waals surface area contributed by atoms with E-state index in [1.54, 1.807) is 10.9 Å². The molecule has 2 aromatic heterocycles. The third-order valence-electron chi connectivity index (χ3n) is 3.71. The Labute approximate surface area is 137 Å². The molecule has 8 nitrogen and oxygen atoms in total. The molecule has 1 N–H and O–H groups in total. The summed E-state index contributed by atoms with van der Waals surface area (Å²) in [4.78, 5) is 16.7. The van der Waals surface area contributed by atoms with Crippen molar-refractivity contribution in [3.05, 3.63) is 29.2 Å². The molecule has 0 amide bonds. The lowest BCUT2D eigenvalue weighted by atomic mass is 9.98. The number of anilines is 1. The summed E-state index contributed by atoms with van der Waals surface area (Å²) in [6.07, 6.45) is 5.57. The van der Waals surface area contributed by atoms with E-state index in [2.05, 4.69) is 20.5 Å². The van der Waals surface area contributed by atoms with E-state index < -0.39 is 12.0 Å². The van der Waals surface area contributed by atoms with Crippen LogP contribution in [-0.2, 0) is 16.1 Å². The molecule has 0 spiro atoms. The highest BCUT2D eigenvalue weighted by Gasteiger charge is 2.35. The Hall–Kier alpha value is -2.29. The van der Waals surface area contributed by atoms with Crippen molar-refractivity contribution >= 4 is 23.7 Å². The molecule has 0 radical (unpaired) electrons. The molecule has 0 aliphatic carbocycles. The number of allylic oxidation sites excluding steroid dienone is 1. The van der Waals surface area contributed by atoms with Gasteiger partial charge in [-0.25, -0.2) is 9.48 Å². The van der Waals surface area contributed by atoms with E-state index in [1.807, 2.05) is 31.0 Å². The number of fused-ring (bicyclic) bond motifs is 1. The lowest BCUT2D eigenvalue weighted by Crippen LogP contribution is -2.29. The lowest BCUT2D eigenvalue weighted by Gasteiger charge is -2.26. The van der Waals surface area contributed by atoms with Gasteiger partial charge in [-0.2, -0.15) is 10.1 Å². The van der Waals surface area contributed by atoms with Gasteiger partial charge in [0.05, 0.1) is 18.9 Å². The Morgan fingerprint density at radius 2 is 2.30 bits per heavy atom. The number of hydrogen-bond acceptors (Lipinski definition) is 7. The summed E-state index contributed by atoms with van der Waals surface area (Å²) in [6, 6.07) is -0.410. The molecular formula is C14H18N6O2S. The fourth-order valence-corrected chi connectivity index (χ4v) is 2.94. The number of rotatable bonds is 4. The van der Waals surface area contributed by atoms with Gasteiger partial charge in [-0.1, -0.05) is 11.8 Å². The first-order valence-electron chi connectivity index (χ1n) is 7.18. The summed E-state index contributed by atoms with van der Waals surface area (Å²) in [6.45, 7) is 4.59. The molecule has 3 rings (SSSR count). The standard InChI is InChI=1S/C14H18N6O2S/c1-5-19-7-9(6-15-19)11-10(12(21)22-3)8(2)16-13-17-14(23-4)18-20(11)13/h6-7,11H,5H2,1-4H3,(H,16,17,18)/t11-/m0/s1. The molecular weight excluding hydrogens is 316 g/mol. The van der Waals surface area contributed by atoms with Gasteiger partial charge in [0, 0.05) is 24.0 Å². The number of thioether (sulfide) groups is 1. The number of ether oxygens (including phenoxy) is 1. The van der Waals surface area contributed by atoms with E-state index in [9.17, 15) is 4.79 Å². The fraction of sp³-hybridized carbons (Fsp3) is 0.429. The summed E-state index contributed by atoms with van der Waals surface area (Å²) < 4.78 is 8.49. The summed E-state index contributed by atoms with van der Waals surface area (Å²) >= 11 is 1.45. The first-order chi connectivity index (χ1) is 11.1. The van der Waals surface area contributed by atoms with E-state index in [1.165, 1.54) is 18.9 Å². The van der Waals surface area contributed by atoms with Gasteiger partial charge in [0.25, 0.3) is 0 Å². The summed E-state index contributed by atoms with van der Waals surface area (Å²) in [7, 11) is 1.37. The van der Waals surface area contributed by atoms with E-state index in [0.717, 1.165) is 12.1 Å². The number of methoxy groups -OCH3 is 1. The van der Waals surface area contributed by atoms with Crippen LogP contribution in [0.3, 0.4) is 0 Å². The minimum absolute atomic E-state index is 0.392. The van der Waals surface area contributed by atoms with Crippen LogP contribution in [0, 0.1) is 0 Å². The average molecular weight is 334 g/mol. The van der Waals surface area contributed by atoms with E-state index >= 15 is 0 Å². The minimum atomic E-state index is -0.410. The van der Waals surface area contributed by atoms with Crippen molar-refractivity contribution < 1.29 is 9.53 Å². The monoisotopic (exact) mass is 334 g/mol. The maximum absolute atomic E-state index is 12.3. The Balaban J connectivity index is 2.16. The molecule has 0 bridgehead atoms. The predicted molar refractivity (Wildman–Crippen MR) is 86.2 cm³/mol. The second-order valence-corrected chi connectivity index (χ2v) is 5.83. The maximum atomic E-state index is 12.3. The van der Waals surface area contributed by atoms with Crippen LogP contribution < -0.4 is 5.32 Å². The first-order valence-corrected chi connectivity index (χ1v) is 8.40. The van der Waals surface area contributed by atoms with Gasteiger partial charge in [-0.3, -0.25) is 4.68 Å². The molecule has 1 aliphatic heterocycles. The zero-order chi connectivity index (χ0) is 16.6. The van der Waals surface area contributed by atoms with Crippen LogP contribution in [0.15, 0.2) is 28.8 Å². The number of nitrogens with zero attached hydrogens (tertiary/aromatic N) is 5. The van der Waals surface area contributed by atoms with Crippen molar-refractivity contribution in [2.75, 3.05) is 18.7 Å². The van der Waals surface area contributed by atoms with Crippen LogP contribution >= 0.6 is 11.8 Å². The van der Waals surface area contributed by atoms with Gasteiger partial charge in [-0.15, -0.1) is 5.10 Å². The summed E-state index contributed by atoms with van der Waals surface area (Å²) in [5, 5.41) is 12.6. The number of hydrogen-bond donors (Lipinski definition) is 1. The first kappa shape index (κ1) is 15.6. The van der Waals surface area contributed by atoms with Gasteiger partial charge in [-0.05, 0) is 20.1 Å². The van der Waals surface area contributed by atoms with Crippen LogP contribution in [0.4, 0.5) is 5.95 Å². The average Bonchev–Trinajstić information content (AvgIpc) is 3.18. The SMILES string of the molecule is CCn1cc([C@H]2C(C(=O)OC)=C(C)Nc3nc(SC)nn32)cn1. The van der Waals surface area contributed by atoms with Gasteiger partial charge < -0.3 is 10.1 Å². The smallest absolute Gasteiger partial charge is 0.338 e. The second-order valence-electron chi connectivity index (χ2n) is 5.05. The van der Waals surface area contributed by atoms with Gasteiger partial charge >= 0.3 is 5.97 Å². The van der Waals surface area contributed by atoms with E-state index in [0.29, 0.717) is 22.4 Å². The lowest BCUT2D eigenvalue weighted by molar-refractivity contribution is -0.136. The van der Waals surface area contributed by atoms with Crippen molar-refractivity contribution in [3.8, 4) is 0 Å². The third-order valence-corrected chi connectivity index (χ3v) is 4.25. The molecule has 0 saturated carbocycles. The Kier molecular flexibility index (Phi) is 4.12. The van der Waals surface area contributed by atoms with Crippen molar-refractivity contribution in [3.63, 3.8) is 0 Å². The van der Waals surface area contributed by atoms with Crippen molar-refractivity contribution in [2.45, 2.75) is 31.6 Å². The van der Waals surface area contributed by atoms with E-state index in [-0.39, 0.29) is 0 Å². The Bertz CT molecular complexity index is 778. The molecule has 1 aliphatic rings. The molecule has 2 aromatic rings. The largest absolute Gasteiger partial charge is 0.466 e. The zero-order valence-corrected chi connectivity index (χ0v) is 14.2. The molecule has 1 atom stereocenters. The number of nitrogens with one attached hydrogen (secondary N) is 1. The topological polar surface area (TPSA) is 86.9 Å². The number of carbonyl (C=O) groups is 1. The van der Waals surface area contributed by atoms with Crippen LogP contribution in [0.2, 0.25) is 0 Å². The summed E-state index contributed by atoms with van der Waals surface area (Å²) in [5.74, 6) is 0.213. The highest BCUT2D eigenvalue weighted by molar-refractivity contribution is 7.98. The molecule has 0 aromatic carbocycles. The van der Waals surface area contributed by atoms with E-state index in [4.69, 9.17) is 4.74 Å². The Morgan fingerprint density at radius 1 is 1.52 bits per heavy atom. The van der Waals surface area contributed by atoms with Crippen molar-refractivity contribution in [1.29, 1.82) is 0 Å². The van der Waals surface area contributed by atoms with Crippen LogP contribution in [0.1, 0.15) is 25.5 Å². The predicted octanol–water partition coefficient (Wildman–Crippen LogP) is 1.68.